The van der Waals surface area contributed by atoms with Gasteiger partial charge in [-0.3, -0.25) is 10.1 Å². The maximum atomic E-state index is 5.60. The number of anilines is 1. The second kappa shape index (κ2) is 6.68. The van der Waals surface area contributed by atoms with Crippen LogP contribution in [0.25, 0.3) is 11.1 Å². The molecule has 0 saturated carbocycles. The van der Waals surface area contributed by atoms with Crippen molar-refractivity contribution < 1.29 is 4.74 Å². The van der Waals surface area contributed by atoms with Gasteiger partial charge in [0.1, 0.15) is 18.8 Å². The molecule has 2 aromatic carbocycles. The molecular weight excluding hydrogens is 314 g/mol. The molecule has 2 heterocycles. The third kappa shape index (κ3) is 3.19. The van der Waals surface area contributed by atoms with Gasteiger partial charge in [0.15, 0.2) is 0 Å². The fourth-order valence-corrected chi connectivity index (χ4v) is 2.91. The number of nitrogens with one attached hydrogen (secondary N) is 1. The number of methoxy groups -OCH3 is 1. The molecule has 1 N–H and O–H groups in total. The highest BCUT2D eigenvalue weighted by molar-refractivity contribution is 5.84. The van der Waals surface area contributed by atoms with Crippen molar-refractivity contribution >= 4 is 12.0 Å². The lowest BCUT2D eigenvalue weighted by Gasteiger charge is -2.21. The van der Waals surface area contributed by atoms with Crippen LogP contribution in [0, 0.1) is 0 Å². The smallest absolute Gasteiger partial charge is 0.143 e. The first-order valence-electron chi connectivity index (χ1n) is 8.10. The van der Waals surface area contributed by atoms with Gasteiger partial charge in [0.05, 0.1) is 25.5 Å². The van der Waals surface area contributed by atoms with Crippen molar-refractivity contribution in [2.24, 2.45) is 5.10 Å². The molecule has 25 heavy (non-hydrogen) atoms. The van der Waals surface area contributed by atoms with Crippen molar-refractivity contribution in [3.63, 3.8) is 0 Å². The fourth-order valence-electron chi connectivity index (χ4n) is 2.91. The summed E-state index contributed by atoms with van der Waals surface area (Å²) in [6.07, 6.45) is 5.51. The first-order chi connectivity index (χ1) is 12.3. The Hall–Kier alpha value is -3.28. The molecule has 3 aromatic rings. The number of hydrogen-bond acceptors (Lipinski definition) is 5. The maximum Gasteiger partial charge on any atom is 0.143 e. The number of benzene rings is 2. The van der Waals surface area contributed by atoms with E-state index < -0.39 is 0 Å². The molecule has 0 unspecified atom stereocenters. The number of hydrogen-bond donors (Lipinski definition) is 1. The van der Waals surface area contributed by atoms with Crippen LogP contribution in [0.5, 0.6) is 5.75 Å². The number of aromatic amines is 1. The van der Waals surface area contributed by atoms with E-state index in [1.807, 2.05) is 41.8 Å². The Morgan fingerprint density at radius 1 is 1.12 bits per heavy atom. The number of rotatable bonds is 5. The van der Waals surface area contributed by atoms with E-state index in [1.54, 1.807) is 13.3 Å². The van der Waals surface area contributed by atoms with Gasteiger partial charge in [0.25, 0.3) is 0 Å². The Morgan fingerprint density at radius 3 is 2.76 bits per heavy atom. The summed E-state index contributed by atoms with van der Waals surface area (Å²) in [5, 5.41) is 13.4. The van der Waals surface area contributed by atoms with Gasteiger partial charge in [0.2, 0.25) is 0 Å². The molecule has 6 heteroatoms. The first kappa shape index (κ1) is 15.3. The SMILES string of the molecule is COc1cc(-c2cn[nH]c2)ccc1N1C=NN(Cc2ccccc2)C1. The monoisotopic (exact) mass is 333 g/mol. The maximum absolute atomic E-state index is 5.60. The number of nitrogens with zero attached hydrogens (tertiary/aromatic N) is 4. The number of aromatic nitrogens is 2. The van der Waals surface area contributed by atoms with Gasteiger partial charge in [-0.15, -0.1) is 0 Å². The summed E-state index contributed by atoms with van der Waals surface area (Å²) < 4.78 is 5.60. The summed E-state index contributed by atoms with van der Waals surface area (Å²) in [5.74, 6) is 0.812. The van der Waals surface area contributed by atoms with E-state index in [2.05, 4.69) is 44.5 Å². The lowest BCUT2D eigenvalue weighted by molar-refractivity contribution is 0.309. The van der Waals surface area contributed by atoms with Gasteiger partial charge in [-0.25, -0.2) is 0 Å². The largest absolute Gasteiger partial charge is 0.495 e. The van der Waals surface area contributed by atoms with Crippen LogP contribution in [-0.4, -0.2) is 35.3 Å². The van der Waals surface area contributed by atoms with Crippen LogP contribution in [0.2, 0.25) is 0 Å². The second-order valence-electron chi connectivity index (χ2n) is 5.87. The lowest BCUT2D eigenvalue weighted by atomic mass is 10.1. The van der Waals surface area contributed by atoms with Crippen LogP contribution in [0.3, 0.4) is 0 Å². The first-order valence-corrected chi connectivity index (χ1v) is 8.10. The molecule has 0 amide bonds. The predicted molar refractivity (Wildman–Crippen MR) is 98.4 cm³/mol. The zero-order chi connectivity index (χ0) is 17.1. The molecule has 0 radical (unpaired) electrons. The fraction of sp³-hybridized carbons (Fsp3) is 0.158. The third-order valence-corrected chi connectivity index (χ3v) is 4.20. The third-order valence-electron chi connectivity index (χ3n) is 4.20. The van der Waals surface area contributed by atoms with Crippen molar-refractivity contribution in [3.05, 3.63) is 66.5 Å². The van der Waals surface area contributed by atoms with Crippen molar-refractivity contribution in [1.82, 2.24) is 15.2 Å². The summed E-state index contributed by atoms with van der Waals surface area (Å²) in [6.45, 7) is 1.47. The van der Waals surface area contributed by atoms with Gasteiger partial charge < -0.3 is 9.64 Å². The number of hydrazone groups is 1. The van der Waals surface area contributed by atoms with E-state index in [-0.39, 0.29) is 0 Å². The minimum atomic E-state index is 0.691. The Bertz CT molecular complexity index is 861. The molecule has 126 valence electrons. The predicted octanol–water partition coefficient (Wildman–Crippen LogP) is 3.31. The van der Waals surface area contributed by atoms with Crippen molar-refractivity contribution in [1.29, 1.82) is 0 Å². The highest BCUT2D eigenvalue weighted by Crippen LogP contribution is 2.33. The Morgan fingerprint density at radius 2 is 2.00 bits per heavy atom. The normalized spacial score (nSPS) is 13.5. The number of ether oxygens (including phenoxy) is 1. The zero-order valence-electron chi connectivity index (χ0n) is 14.0. The molecule has 0 fully saturated rings. The quantitative estimate of drug-likeness (QED) is 0.778. The zero-order valence-corrected chi connectivity index (χ0v) is 14.0. The Labute approximate surface area is 146 Å². The van der Waals surface area contributed by atoms with Gasteiger partial charge >= 0.3 is 0 Å². The van der Waals surface area contributed by atoms with E-state index in [9.17, 15) is 0 Å². The van der Waals surface area contributed by atoms with Crippen molar-refractivity contribution in [2.45, 2.75) is 6.54 Å². The van der Waals surface area contributed by atoms with Crippen molar-refractivity contribution in [2.75, 3.05) is 18.7 Å². The average Bonchev–Trinajstić information content (AvgIpc) is 3.34. The minimum Gasteiger partial charge on any atom is -0.495 e. The highest BCUT2D eigenvalue weighted by atomic mass is 16.5. The summed E-state index contributed by atoms with van der Waals surface area (Å²) in [6, 6.07) is 16.5. The topological polar surface area (TPSA) is 56.8 Å². The van der Waals surface area contributed by atoms with Crippen LogP contribution in [0.1, 0.15) is 5.56 Å². The summed E-state index contributed by atoms with van der Waals surface area (Å²) in [5.41, 5.74) is 4.33. The molecule has 1 aliphatic heterocycles. The Balaban J connectivity index is 1.51. The molecule has 1 aliphatic rings. The van der Waals surface area contributed by atoms with Gasteiger partial charge in [-0.05, 0) is 23.3 Å². The summed E-state index contributed by atoms with van der Waals surface area (Å²) in [7, 11) is 1.69. The van der Waals surface area contributed by atoms with Gasteiger partial charge in [-0.1, -0.05) is 36.4 Å². The van der Waals surface area contributed by atoms with Gasteiger partial charge in [-0.2, -0.15) is 10.2 Å². The van der Waals surface area contributed by atoms with E-state index >= 15 is 0 Å². The van der Waals surface area contributed by atoms with E-state index in [1.165, 1.54) is 5.56 Å². The molecule has 0 aliphatic carbocycles. The molecule has 0 saturated heterocycles. The number of H-pyrrole nitrogens is 1. The van der Waals surface area contributed by atoms with Crippen LogP contribution in [-0.2, 0) is 6.54 Å². The summed E-state index contributed by atoms with van der Waals surface area (Å²) in [4.78, 5) is 2.08. The molecule has 0 spiro atoms. The molecule has 1 aromatic heterocycles. The molecule has 0 bridgehead atoms. The van der Waals surface area contributed by atoms with Crippen LogP contribution >= 0.6 is 0 Å². The van der Waals surface area contributed by atoms with E-state index in [4.69, 9.17) is 4.74 Å². The lowest BCUT2D eigenvalue weighted by Crippen LogP contribution is -2.26. The molecule has 0 atom stereocenters. The van der Waals surface area contributed by atoms with Crippen molar-refractivity contribution in [3.8, 4) is 16.9 Å². The Kier molecular flexibility index (Phi) is 4.08. The molecular formula is C19H19N5O. The van der Waals surface area contributed by atoms with Crippen LogP contribution in [0.15, 0.2) is 66.0 Å². The van der Waals surface area contributed by atoms with E-state index in [0.717, 1.165) is 29.1 Å². The van der Waals surface area contributed by atoms with Gasteiger partial charge in [0, 0.05) is 11.8 Å². The summed E-state index contributed by atoms with van der Waals surface area (Å²) >= 11 is 0. The second-order valence-corrected chi connectivity index (χ2v) is 5.87. The highest BCUT2D eigenvalue weighted by Gasteiger charge is 2.19. The molecule has 6 nitrogen and oxygen atoms in total. The van der Waals surface area contributed by atoms with Crippen LogP contribution < -0.4 is 9.64 Å². The minimum absolute atomic E-state index is 0.691. The standard InChI is InChI=1S/C19H19N5O/c1-25-19-9-16(17-10-20-21-11-17)7-8-18(19)23-13-22-24(14-23)12-15-5-3-2-4-6-15/h2-11,13H,12,14H2,1H3,(H,20,21). The van der Waals surface area contributed by atoms with Crippen LogP contribution in [0.4, 0.5) is 5.69 Å². The van der Waals surface area contributed by atoms with E-state index in [0.29, 0.717) is 6.67 Å². The molecule has 4 rings (SSSR count). The average molecular weight is 333 g/mol.